The number of hydrogen-bond donors (Lipinski definition) is 1. The fourth-order valence-electron chi connectivity index (χ4n) is 3.74. The van der Waals surface area contributed by atoms with Crippen LogP contribution in [-0.4, -0.2) is 33.0 Å². The average Bonchev–Trinajstić information content (AvgIpc) is 3.18. The Morgan fingerprint density at radius 2 is 1.73 bits per heavy atom. The maximum atomic E-state index is 13.5. The van der Waals surface area contributed by atoms with E-state index < -0.39 is 0 Å². The van der Waals surface area contributed by atoms with Gasteiger partial charge in [0.25, 0.3) is 10.5 Å². The molecule has 148 valence electrons. The molecule has 30 heavy (non-hydrogen) atoms. The molecule has 0 saturated carbocycles. The van der Waals surface area contributed by atoms with Gasteiger partial charge in [-0.05, 0) is 30.3 Å². The van der Waals surface area contributed by atoms with Crippen molar-refractivity contribution in [2.24, 2.45) is 0 Å². The predicted molar refractivity (Wildman–Crippen MR) is 116 cm³/mol. The summed E-state index contributed by atoms with van der Waals surface area (Å²) in [5.41, 5.74) is 3.81. The maximum Gasteiger partial charge on any atom is 0.316 e. The molecule has 0 radical (unpaired) electrons. The van der Waals surface area contributed by atoms with Crippen molar-refractivity contribution < 1.29 is 9.76 Å². The Labute approximate surface area is 170 Å². The van der Waals surface area contributed by atoms with Crippen LogP contribution in [0.3, 0.4) is 0 Å². The number of rotatable bonds is 4. The molecule has 0 atom stereocenters. The third-order valence-corrected chi connectivity index (χ3v) is 5.19. The number of benzene rings is 2. The van der Waals surface area contributed by atoms with E-state index in [1.54, 1.807) is 34.9 Å². The Balaban J connectivity index is 1.93. The summed E-state index contributed by atoms with van der Waals surface area (Å²) in [6, 6.07) is 18.0. The lowest BCUT2D eigenvalue weighted by Gasteiger charge is -2.11. The second-order valence-corrected chi connectivity index (χ2v) is 6.82. The third-order valence-electron chi connectivity index (χ3n) is 5.19. The Morgan fingerprint density at radius 3 is 2.43 bits per heavy atom. The van der Waals surface area contributed by atoms with Gasteiger partial charge in [-0.3, -0.25) is 13.8 Å². The number of nitrogens with zero attached hydrogens (tertiary/aromatic N) is 4. The minimum atomic E-state index is -0.159. The van der Waals surface area contributed by atoms with Gasteiger partial charge in [0.05, 0.1) is 16.3 Å². The van der Waals surface area contributed by atoms with Gasteiger partial charge in [0.2, 0.25) is 0 Å². The van der Waals surface area contributed by atoms with Crippen molar-refractivity contribution in [3.05, 3.63) is 82.1 Å². The molecule has 0 unspecified atom stereocenters. The van der Waals surface area contributed by atoms with E-state index in [1.807, 2.05) is 48.0 Å². The molecule has 0 aliphatic carbocycles. The highest BCUT2D eigenvalue weighted by molar-refractivity contribution is 6.04. The highest BCUT2D eigenvalue weighted by atomic mass is 16.8. The van der Waals surface area contributed by atoms with Crippen LogP contribution < -0.4 is 10.9 Å². The van der Waals surface area contributed by atoms with E-state index in [-0.39, 0.29) is 5.56 Å². The van der Waals surface area contributed by atoms with E-state index in [0.717, 1.165) is 22.2 Å². The van der Waals surface area contributed by atoms with Crippen LogP contribution in [0.1, 0.15) is 0 Å². The molecule has 1 N–H and O–H groups in total. The molecule has 0 saturated heterocycles. The van der Waals surface area contributed by atoms with Crippen molar-refractivity contribution in [1.29, 1.82) is 0 Å². The summed E-state index contributed by atoms with van der Waals surface area (Å²) in [6.07, 6.45) is 1.91. The summed E-state index contributed by atoms with van der Waals surface area (Å²) < 4.78 is 3.53. The highest BCUT2D eigenvalue weighted by Gasteiger charge is 2.19. The topological polar surface area (TPSA) is 80.6 Å². The summed E-state index contributed by atoms with van der Waals surface area (Å²) in [5, 5.41) is 4.49. The van der Waals surface area contributed by atoms with E-state index in [2.05, 4.69) is 5.32 Å². The van der Waals surface area contributed by atoms with Crippen molar-refractivity contribution in [3.63, 3.8) is 0 Å². The van der Waals surface area contributed by atoms with E-state index in [9.17, 15) is 9.70 Å². The van der Waals surface area contributed by atoms with Gasteiger partial charge in [-0.15, -0.1) is 0 Å². The zero-order chi connectivity index (χ0) is 20.8. The molecule has 0 bridgehead atoms. The monoisotopic (exact) mass is 400 g/mol. The largest absolute Gasteiger partial charge is 0.387 e. The van der Waals surface area contributed by atoms with Gasteiger partial charge < -0.3 is 5.32 Å². The van der Waals surface area contributed by atoms with Gasteiger partial charge in [0.15, 0.2) is 12.8 Å². The molecule has 5 aromatic rings. The lowest BCUT2D eigenvalue weighted by Crippen LogP contribution is -2.20. The third kappa shape index (κ3) is 2.54. The number of nitrogens with one attached hydrogen (secondary N) is 1. The molecule has 3 heterocycles. The summed E-state index contributed by atoms with van der Waals surface area (Å²) >= 11 is 0. The number of imidazole rings is 1. The van der Waals surface area contributed by atoms with Crippen molar-refractivity contribution in [1.82, 2.24) is 14.0 Å². The van der Waals surface area contributed by atoms with Crippen molar-refractivity contribution >= 4 is 39.0 Å². The first-order chi connectivity index (χ1) is 14.6. The Bertz CT molecular complexity index is 1500. The number of anilines is 1. The van der Waals surface area contributed by atoms with Gasteiger partial charge in [-0.2, -0.15) is 0 Å². The lowest BCUT2D eigenvalue weighted by atomic mass is 10.1. The van der Waals surface area contributed by atoms with E-state index in [0.29, 0.717) is 27.3 Å². The number of fused-ring (bicyclic) bond motifs is 5. The fourth-order valence-corrected chi connectivity index (χ4v) is 3.74. The summed E-state index contributed by atoms with van der Waals surface area (Å²) in [6.45, 7) is 0. The van der Waals surface area contributed by atoms with Crippen LogP contribution in [0.2, 0.25) is 0 Å². The molecular formula is C22H18N5O3+. The zero-order valence-corrected chi connectivity index (χ0v) is 16.4. The minimum Gasteiger partial charge on any atom is -0.387 e. The molecule has 8 nitrogen and oxygen atoms in total. The Kier molecular flexibility index (Phi) is 3.99. The van der Waals surface area contributed by atoms with Crippen LogP contribution in [0.15, 0.2) is 71.7 Å². The first-order valence-corrected chi connectivity index (χ1v) is 9.37. The molecular weight excluding hydrogens is 382 g/mol. The van der Waals surface area contributed by atoms with Crippen LogP contribution in [-0.2, 0) is 4.84 Å². The molecule has 0 aliphatic rings. The van der Waals surface area contributed by atoms with Crippen molar-refractivity contribution in [2.45, 2.75) is 0 Å². The Hall–Kier alpha value is -4.20. The van der Waals surface area contributed by atoms with Crippen LogP contribution >= 0.6 is 0 Å². The van der Waals surface area contributed by atoms with Crippen LogP contribution in [0, 0.1) is 4.91 Å². The first-order valence-electron chi connectivity index (χ1n) is 9.37. The minimum absolute atomic E-state index is 0.159. The molecule has 0 spiro atoms. The summed E-state index contributed by atoms with van der Waals surface area (Å²) in [5.74, 6) is 0. The van der Waals surface area contributed by atoms with Gasteiger partial charge in [0, 0.05) is 36.1 Å². The molecule has 8 heteroatoms. The molecule has 2 aromatic carbocycles. The van der Waals surface area contributed by atoms with Gasteiger partial charge >= 0.3 is 5.69 Å². The maximum absolute atomic E-state index is 13.5. The molecule has 3 aromatic heterocycles. The second kappa shape index (κ2) is 6.70. The SMILES string of the molecule is CNc1ccc2nc3c4ccccc4c(=O)n(-c4ccc([N+](=O)OC)cc4)c3n2c1. The van der Waals surface area contributed by atoms with Gasteiger partial charge in [0.1, 0.15) is 11.2 Å². The highest BCUT2D eigenvalue weighted by Crippen LogP contribution is 2.27. The number of aromatic nitrogens is 3. The smallest absolute Gasteiger partial charge is 0.316 e. The zero-order valence-electron chi connectivity index (χ0n) is 16.4. The molecule has 5 rings (SSSR count). The molecule has 0 amide bonds. The van der Waals surface area contributed by atoms with Gasteiger partial charge in [-0.25, -0.2) is 9.82 Å². The quantitative estimate of drug-likeness (QED) is 0.464. The molecule has 0 aliphatic heterocycles. The van der Waals surface area contributed by atoms with E-state index in [4.69, 9.17) is 9.82 Å². The number of hydrogen-bond acceptors (Lipinski definition) is 5. The average molecular weight is 400 g/mol. The van der Waals surface area contributed by atoms with Gasteiger partial charge in [-0.1, -0.05) is 18.2 Å². The van der Waals surface area contributed by atoms with Crippen LogP contribution in [0.4, 0.5) is 11.4 Å². The predicted octanol–water partition coefficient (Wildman–Crippen LogP) is 3.81. The van der Waals surface area contributed by atoms with Crippen LogP contribution in [0.5, 0.6) is 0 Å². The van der Waals surface area contributed by atoms with Crippen LogP contribution in [0.25, 0.3) is 33.3 Å². The number of pyridine rings is 2. The standard InChI is InChI=1S/C22H18N5O3/c1-23-14-7-12-19-24-20-17-5-3-4-6-18(17)22(28)26(21(20)25(19)13-14)15-8-10-16(11-9-15)27(29)30-2/h3-13,23H,1-2H3/q+1. The van der Waals surface area contributed by atoms with E-state index >= 15 is 0 Å². The summed E-state index contributed by atoms with van der Waals surface area (Å²) in [7, 11) is 3.14. The second-order valence-electron chi connectivity index (χ2n) is 6.82. The fraction of sp³-hybridized carbons (Fsp3) is 0.0909. The lowest BCUT2D eigenvalue weighted by molar-refractivity contribution is -0.736. The normalized spacial score (nSPS) is 11.3. The summed E-state index contributed by atoms with van der Waals surface area (Å²) in [4.78, 5) is 35.2. The Morgan fingerprint density at radius 1 is 1.00 bits per heavy atom. The molecule has 0 fully saturated rings. The first kappa shape index (κ1) is 17.9. The van der Waals surface area contributed by atoms with E-state index in [1.165, 1.54) is 7.11 Å². The van der Waals surface area contributed by atoms with Crippen molar-refractivity contribution in [3.8, 4) is 5.69 Å². The van der Waals surface area contributed by atoms with Crippen molar-refractivity contribution in [2.75, 3.05) is 19.5 Å².